The van der Waals surface area contributed by atoms with Gasteiger partial charge in [0.05, 0.1) is 23.0 Å². The largest absolute Gasteiger partial charge is 0.444 e. The van der Waals surface area contributed by atoms with E-state index in [4.69, 9.17) is 4.74 Å². The zero-order valence-electron chi connectivity index (χ0n) is 28.7. The molecule has 2 aliphatic rings. The standard InChI is InChI=1S/C40H39F3N6O3/c1-26-15-18-29(23-33(26)40(41,42)43)47-38(50)32-13-8-22-48(37-35-34(45-25-46-37)14-7-21-44-35)36(32)28-16-19-31(20-17-28)49(30-11-5-6-12-30)39(51)52-24-27-9-3-2-4-10-27/h2-4,7,9-10,14-21,23,25,30,32,36H,5-6,8,11-13,22,24H2,1H3,(H,47,50)/t32-,36-/m0/s1. The molecule has 2 aromatic heterocycles. The molecule has 12 heteroatoms. The van der Waals surface area contributed by atoms with Crippen molar-refractivity contribution in [1.29, 1.82) is 0 Å². The van der Waals surface area contributed by atoms with Crippen LogP contribution in [0.2, 0.25) is 0 Å². The van der Waals surface area contributed by atoms with Crippen LogP contribution in [0.5, 0.6) is 0 Å². The summed E-state index contributed by atoms with van der Waals surface area (Å²) in [6.07, 6.45) is 3.04. The monoisotopic (exact) mass is 708 g/mol. The second-order valence-electron chi connectivity index (χ2n) is 13.4. The van der Waals surface area contributed by atoms with E-state index in [2.05, 4.69) is 20.3 Å². The molecule has 0 radical (unpaired) electrons. The molecule has 9 nitrogen and oxygen atoms in total. The van der Waals surface area contributed by atoms with E-state index < -0.39 is 35.7 Å². The Hall–Kier alpha value is -5.52. The normalized spacial score (nSPS) is 18.0. The van der Waals surface area contributed by atoms with Crippen molar-refractivity contribution >= 4 is 40.2 Å². The van der Waals surface area contributed by atoms with Crippen molar-refractivity contribution in [2.24, 2.45) is 5.92 Å². The highest BCUT2D eigenvalue weighted by molar-refractivity contribution is 5.94. The summed E-state index contributed by atoms with van der Waals surface area (Å²) >= 11 is 0. The van der Waals surface area contributed by atoms with Crippen molar-refractivity contribution in [3.63, 3.8) is 0 Å². The average Bonchev–Trinajstić information content (AvgIpc) is 3.69. The highest BCUT2D eigenvalue weighted by Crippen LogP contribution is 2.42. The van der Waals surface area contributed by atoms with Crippen LogP contribution in [-0.4, -0.2) is 39.5 Å². The number of carbonyl (C=O) groups is 2. The number of ether oxygens (including phenoxy) is 1. The van der Waals surface area contributed by atoms with E-state index in [-0.39, 0.29) is 23.9 Å². The molecule has 0 bridgehead atoms. The number of aromatic nitrogens is 3. The van der Waals surface area contributed by atoms with Crippen LogP contribution in [0.15, 0.2) is 97.5 Å². The molecule has 7 rings (SSSR count). The Kier molecular flexibility index (Phi) is 10.1. The minimum absolute atomic E-state index is 0.00613. The number of aryl methyl sites for hydroxylation is 1. The van der Waals surface area contributed by atoms with Gasteiger partial charge in [0.15, 0.2) is 5.82 Å². The maximum absolute atomic E-state index is 14.1. The van der Waals surface area contributed by atoms with Gasteiger partial charge in [0.25, 0.3) is 0 Å². The van der Waals surface area contributed by atoms with Crippen molar-refractivity contribution in [3.05, 3.63) is 120 Å². The quantitative estimate of drug-likeness (QED) is 0.172. The van der Waals surface area contributed by atoms with Crippen LogP contribution < -0.4 is 15.1 Å². The van der Waals surface area contributed by atoms with Gasteiger partial charge >= 0.3 is 12.3 Å². The van der Waals surface area contributed by atoms with Gasteiger partial charge in [-0.3, -0.25) is 14.7 Å². The molecule has 5 aromatic rings. The molecule has 2 fully saturated rings. The van der Waals surface area contributed by atoms with Gasteiger partial charge in [-0.25, -0.2) is 14.8 Å². The number of nitrogens with zero attached hydrogens (tertiary/aromatic N) is 5. The number of hydrogen-bond donors (Lipinski definition) is 1. The molecule has 1 aliphatic carbocycles. The summed E-state index contributed by atoms with van der Waals surface area (Å²) in [6.45, 7) is 2.10. The van der Waals surface area contributed by atoms with Crippen LogP contribution in [-0.2, 0) is 22.3 Å². The molecule has 1 saturated carbocycles. The maximum atomic E-state index is 14.1. The molecule has 1 aliphatic heterocycles. The highest BCUT2D eigenvalue weighted by Gasteiger charge is 2.40. The number of carbonyl (C=O) groups excluding carboxylic acids is 2. The van der Waals surface area contributed by atoms with Crippen LogP contribution in [0.4, 0.5) is 35.2 Å². The third-order valence-corrected chi connectivity index (χ3v) is 10.0. The van der Waals surface area contributed by atoms with Gasteiger partial charge < -0.3 is 15.0 Å². The van der Waals surface area contributed by atoms with Crippen molar-refractivity contribution < 1.29 is 27.5 Å². The number of hydrogen-bond acceptors (Lipinski definition) is 7. The third kappa shape index (κ3) is 7.42. The topological polar surface area (TPSA) is 101 Å². The summed E-state index contributed by atoms with van der Waals surface area (Å²) in [4.78, 5) is 45.1. The first kappa shape index (κ1) is 34.9. The number of piperidine rings is 1. The molecular weight excluding hydrogens is 669 g/mol. The number of pyridine rings is 1. The van der Waals surface area contributed by atoms with E-state index in [0.717, 1.165) is 42.9 Å². The molecule has 2 atom stereocenters. The maximum Gasteiger partial charge on any atom is 0.416 e. The number of halogens is 3. The van der Waals surface area contributed by atoms with E-state index in [1.54, 1.807) is 17.2 Å². The van der Waals surface area contributed by atoms with Gasteiger partial charge in [-0.2, -0.15) is 13.2 Å². The zero-order valence-corrected chi connectivity index (χ0v) is 28.7. The van der Waals surface area contributed by atoms with Crippen molar-refractivity contribution in [2.75, 3.05) is 21.7 Å². The molecule has 0 spiro atoms. The van der Waals surface area contributed by atoms with Gasteiger partial charge in [-0.15, -0.1) is 0 Å². The molecule has 0 unspecified atom stereocenters. The second-order valence-corrected chi connectivity index (χ2v) is 13.4. The lowest BCUT2D eigenvalue weighted by Gasteiger charge is -2.42. The Balaban J connectivity index is 1.23. The molecular formula is C40H39F3N6O3. The Labute approximate surface area is 299 Å². The summed E-state index contributed by atoms with van der Waals surface area (Å²) < 4.78 is 47.1. The highest BCUT2D eigenvalue weighted by atomic mass is 19.4. The fourth-order valence-corrected chi connectivity index (χ4v) is 7.50. The minimum atomic E-state index is -4.56. The van der Waals surface area contributed by atoms with Gasteiger partial charge in [-0.1, -0.05) is 61.4 Å². The first-order valence-corrected chi connectivity index (χ1v) is 17.6. The van der Waals surface area contributed by atoms with Crippen LogP contribution in [0.1, 0.15) is 66.8 Å². The lowest BCUT2D eigenvalue weighted by molar-refractivity contribution is -0.138. The van der Waals surface area contributed by atoms with E-state index in [1.165, 1.54) is 25.4 Å². The van der Waals surface area contributed by atoms with Gasteiger partial charge in [0.1, 0.15) is 18.5 Å². The molecule has 2 amide bonds. The van der Waals surface area contributed by atoms with Crippen LogP contribution >= 0.6 is 0 Å². The molecule has 3 heterocycles. The van der Waals surface area contributed by atoms with E-state index in [1.807, 2.05) is 65.6 Å². The predicted molar refractivity (Wildman–Crippen MR) is 193 cm³/mol. The van der Waals surface area contributed by atoms with Crippen molar-refractivity contribution in [2.45, 2.75) is 70.3 Å². The summed E-state index contributed by atoms with van der Waals surface area (Å²) in [5.74, 6) is -0.506. The SMILES string of the molecule is Cc1ccc(NC(=O)[C@H]2CCCN(c3ncnc4cccnc34)[C@H]2c2ccc(N(C(=O)OCc3ccccc3)C3CCCC3)cc2)cc1C(F)(F)F. The first-order chi connectivity index (χ1) is 25.2. The zero-order chi connectivity index (χ0) is 36.2. The molecule has 1 saturated heterocycles. The Morgan fingerprint density at radius 1 is 0.904 bits per heavy atom. The number of nitrogens with one attached hydrogen (secondary N) is 1. The number of fused-ring (bicyclic) bond motifs is 1. The second kappa shape index (κ2) is 15.0. The van der Waals surface area contributed by atoms with E-state index >= 15 is 0 Å². The summed E-state index contributed by atoms with van der Waals surface area (Å²) in [6, 6.07) is 24.0. The fraction of sp³-hybridized carbons (Fsp3) is 0.325. The van der Waals surface area contributed by atoms with Crippen molar-refractivity contribution in [3.8, 4) is 0 Å². The number of alkyl halides is 3. The predicted octanol–water partition coefficient (Wildman–Crippen LogP) is 9.03. The number of rotatable bonds is 8. The lowest BCUT2D eigenvalue weighted by atomic mass is 9.83. The molecule has 1 N–H and O–H groups in total. The Morgan fingerprint density at radius 3 is 2.42 bits per heavy atom. The lowest BCUT2D eigenvalue weighted by Crippen LogP contribution is -2.44. The third-order valence-electron chi connectivity index (χ3n) is 10.0. The van der Waals surface area contributed by atoms with Crippen LogP contribution in [0.25, 0.3) is 11.0 Å². The summed E-state index contributed by atoms with van der Waals surface area (Å²) in [7, 11) is 0. The smallest absolute Gasteiger partial charge is 0.416 e. The van der Waals surface area contributed by atoms with E-state index in [0.29, 0.717) is 41.9 Å². The number of amides is 2. The number of anilines is 3. The van der Waals surface area contributed by atoms with Gasteiger partial charge in [0.2, 0.25) is 5.91 Å². The van der Waals surface area contributed by atoms with Crippen molar-refractivity contribution in [1.82, 2.24) is 15.0 Å². The Bertz CT molecular complexity index is 2030. The summed E-state index contributed by atoms with van der Waals surface area (Å²) in [5, 5.41) is 2.79. The molecule has 3 aromatic carbocycles. The number of benzene rings is 3. The van der Waals surface area contributed by atoms with Crippen LogP contribution in [0, 0.1) is 12.8 Å². The van der Waals surface area contributed by atoms with Gasteiger partial charge in [0, 0.05) is 30.2 Å². The summed E-state index contributed by atoms with van der Waals surface area (Å²) in [5.41, 5.74) is 2.95. The van der Waals surface area contributed by atoms with Gasteiger partial charge in [-0.05, 0) is 85.7 Å². The average molecular weight is 709 g/mol. The first-order valence-electron chi connectivity index (χ1n) is 17.6. The van der Waals surface area contributed by atoms with Crippen LogP contribution in [0.3, 0.4) is 0 Å². The Morgan fingerprint density at radius 2 is 1.67 bits per heavy atom. The molecule has 52 heavy (non-hydrogen) atoms. The minimum Gasteiger partial charge on any atom is -0.444 e. The molecule has 268 valence electrons. The fourth-order valence-electron chi connectivity index (χ4n) is 7.50. The van der Waals surface area contributed by atoms with E-state index in [9.17, 15) is 22.8 Å².